The summed E-state index contributed by atoms with van der Waals surface area (Å²) in [6.07, 6.45) is 12.7. The van der Waals surface area contributed by atoms with Gasteiger partial charge in [-0.1, -0.05) is 49.1 Å². The van der Waals surface area contributed by atoms with E-state index in [2.05, 4.69) is 20.7 Å². The van der Waals surface area contributed by atoms with Gasteiger partial charge in [0.1, 0.15) is 0 Å². The normalized spacial score (nSPS) is 16.5. The van der Waals surface area contributed by atoms with Crippen LogP contribution in [0, 0.1) is 0 Å². The first-order valence-corrected chi connectivity index (χ1v) is 10.0. The van der Waals surface area contributed by atoms with Gasteiger partial charge in [0, 0.05) is 11.8 Å². The van der Waals surface area contributed by atoms with E-state index in [-0.39, 0.29) is 11.9 Å². The lowest BCUT2D eigenvalue weighted by molar-refractivity contribution is 0.0934. The molecule has 3 aromatic rings. The second kappa shape index (κ2) is 8.37. The molecule has 1 fully saturated rings. The van der Waals surface area contributed by atoms with E-state index in [9.17, 15) is 4.79 Å². The Balaban J connectivity index is 1.40. The third-order valence-electron chi connectivity index (χ3n) is 5.41. The van der Waals surface area contributed by atoms with Gasteiger partial charge in [0.25, 0.3) is 5.91 Å². The minimum Gasteiger partial charge on any atom is -0.344 e. The van der Waals surface area contributed by atoms with Gasteiger partial charge in [0.05, 0.1) is 30.2 Å². The molecule has 0 saturated heterocycles. The van der Waals surface area contributed by atoms with E-state index < -0.39 is 0 Å². The quantitative estimate of drug-likeness (QED) is 0.684. The van der Waals surface area contributed by atoms with Crippen LogP contribution >= 0.6 is 0 Å². The third-order valence-corrected chi connectivity index (χ3v) is 5.41. The number of amides is 1. The molecule has 1 aromatic carbocycles. The second-order valence-electron chi connectivity index (χ2n) is 7.48. The molecular formula is C21H26N6O. The van der Waals surface area contributed by atoms with E-state index in [4.69, 9.17) is 0 Å². The van der Waals surface area contributed by atoms with Gasteiger partial charge in [-0.25, -0.2) is 9.36 Å². The molecular weight excluding hydrogens is 352 g/mol. The van der Waals surface area contributed by atoms with Crippen molar-refractivity contribution in [1.29, 1.82) is 0 Å². The highest BCUT2D eigenvalue weighted by molar-refractivity contribution is 5.92. The van der Waals surface area contributed by atoms with Gasteiger partial charge < -0.3 is 5.32 Å². The van der Waals surface area contributed by atoms with Gasteiger partial charge in [-0.05, 0) is 31.9 Å². The summed E-state index contributed by atoms with van der Waals surface area (Å²) in [6.45, 7) is 1.94. The zero-order valence-electron chi connectivity index (χ0n) is 16.2. The van der Waals surface area contributed by atoms with Crippen LogP contribution in [0.1, 0.15) is 73.6 Å². The van der Waals surface area contributed by atoms with Crippen LogP contribution in [0.3, 0.4) is 0 Å². The largest absolute Gasteiger partial charge is 0.344 e. The fraction of sp³-hybridized carbons (Fsp3) is 0.429. The highest BCUT2D eigenvalue weighted by Gasteiger charge is 2.20. The maximum absolute atomic E-state index is 12.6. The SMILES string of the molecule is CC(NC(=O)c1cn(C2CCCCCC2)nn1)c1cnn(-c2ccccc2)c1. The Morgan fingerprint density at radius 1 is 1.11 bits per heavy atom. The molecule has 146 valence electrons. The number of hydrogen-bond acceptors (Lipinski definition) is 4. The fourth-order valence-electron chi connectivity index (χ4n) is 3.72. The summed E-state index contributed by atoms with van der Waals surface area (Å²) in [4.78, 5) is 12.6. The number of carbonyl (C=O) groups is 1. The van der Waals surface area contributed by atoms with Crippen molar-refractivity contribution in [3.63, 3.8) is 0 Å². The monoisotopic (exact) mass is 378 g/mol. The zero-order valence-corrected chi connectivity index (χ0v) is 16.2. The Morgan fingerprint density at radius 2 is 1.86 bits per heavy atom. The van der Waals surface area contributed by atoms with Gasteiger partial charge in [0.2, 0.25) is 0 Å². The predicted molar refractivity (Wildman–Crippen MR) is 106 cm³/mol. The van der Waals surface area contributed by atoms with Crippen molar-refractivity contribution < 1.29 is 4.79 Å². The number of rotatable bonds is 5. The number of carbonyl (C=O) groups excluding carboxylic acids is 1. The fourth-order valence-corrected chi connectivity index (χ4v) is 3.72. The molecule has 7 nitrogen and oxygen atoms in total. The van der Waals surface area contributed by atoms with Crippen LogP contribution in [0.4, 0.5) is 0 Å². The molecule has 1 amide bonds. The number of aromatic nitrogens is 5. The molecule has 0 aliphatic heterocycles. The molecule has 0 bridgehead atoms. The highest BCUT2D eigenvalue weighted by Crippen LogP contribution is 2.26. The second-order valence-corrected chi connectivity index (χ2v) is 7.48. The van der Waals surface area contributed by atoms with Crippen molar-refractivity contribution >= 4 is 5.91 Å². The Hall–Kier alpha value is -2.96. The van der Waals surface area contributed by atoms with E-state index in [1.807, 2.05) is 48.1 Å². The molecule has 0 radical (unpaired) electrons. The molecule has 1 unspecified atom stereocenters. The number of hydrogen-bond donors (Lipinski definition) is 1. The molecule has 2 heterocycles. The summed E-state index contributed by atoms with van der Waals surface area (Å²) in [5, 5.41) is 15.7. The van der Waals surface area contributed by atoms with Crippen LogP contribution in [-0.2, 0) is 0 Å². The maximum atomic E-state index is 12.6. The lowest BCUT2D eigenvalue weighted by Crippen LogP contribution is -2.26. The van der Waals surface area contributed by atoms with Crippen LogP contribution in [0.15, 0.2) is 48.9 Å². The number of para-hydroxylation sites is 1. The Labute approximate surface area is 164 Å². The van der Waals surface area contributed by atoms with Crippen molar-refractivity contribution in [2.45, 2.75) is 57.5 Å². The smallest absolute Gasteiger partial charge is 0.273 e. The van der Waals surface area contributed by atoms with E-state index >= 15 is 0 Å². The summed E-state index contributed by atoms with van der Waals surface area (Å²) in [5.41, 5.74) is 2.29. The molecule has 0 spiro atoms. The molecule has 4 rings (SSSR count). The number of benzene rings is 1. The van der Waals surface area contributed by atoms with Crippen molar-refractivity contribution in [3.8, 4) is 5.69 Å². The standard InChI is InChI=1S/C21H26N6O/c1-16(17-13-22-26(14-17)18-9-7-4-8-10-18)23-21(28)20-15-27(25-24-20)19-11-5-2-3-6-12-19/h4,7-10,13-16,19H,2-3,5-6,11-12H2,1H3,(H,23,28). The van der Waals surface area contributed by atoms with Gasteiger partial charge >= 0.3 is 0 Å². The first-order valence-electron chi connectivity index (χ1n) is 10.0. The summed E-state index contributed by atoms with van der Waals surface area (Å²) in [7, 11) is 0. The lowest BCUT2D eigenvalue weighted by Gasteiger charge is -2.13. The van der Waals surface area contributed by atoms with Crippen molar-refractivity contribution in [2.24, 2.45) is 0 Å². The summed E-state index contributed by atoms with van der Waals surface area (Å²) >= 11 is 0. The van der Waals surface area contributed by atoms with Gasteiger partial charge in [0.15, 0.2) is 5.69 Å². The molecule has 1 N–H and O–H groups in total. The minimum absolute atomic E-state index is 0.173. The van der Waals surface area contributed by atoms with Crippen LogP contribution in [0.2, 0.25) is 0 Å². The van der Waals surface area contributed by atoms with E-state index in [1.165, 1.54) is 25.7 Å². The first-order chi connectivity index (χ1) is 13.7. The van der Waals surface area contributed by atoms with Gasteiger partial charge in [-0.2, -0.15) is 5.10 Å². The third kappa shape index (κ3) is 4.13. The Kier molecular flexibility index (Phi) is 5.50. The maximum Gasteiger partial charge on any atom is 0.273 e. The molecule has 2 aromatic heterocycles. The topological polar surface area (TPSA) is 77.6 Å². The number of nitrogens with one attached hydrogen (secondary N) is 1. The predicted octanol–water partition coefficient (Wildman–Crippen LogP) is 3.85. The average Bonchev–Trinajstić information content (AvgIpc) is 3.33. The van der Waals surface area contributed by atoms with Crippen LogP contribution < -0.4 is 5.32 Å². The Bertz CT molecular complexity index is 908. The first kappa shape index (κ1) is 18.4. The van der Waals surface area contributed by atoms with Gasteiger partial charge in [-0.3, -0.25) is 4.79 Å². The average molecular weight is 378 g/mol. The minimum atomic E-state index is -0.208. The van der Waals surface area contributed by atoms with Crippen LogP contribution in [0.25, 0.3) is 5.69 Å². The van der Waals surface area contributed by atoms with E-state index in [0.29, 0.717) is 11.7 Å². The lowest BCUT2D eigenvalue weighted by atomic mass is 10.1. The molecule has 1 saturated carbocycles. The summed E-state index contributed by atoms with van der Waals surface area (Å²) < 4.78 is 3.68. The number of nitrogens with zero attached hydrogens (tertiary/aromatic N) is 5. The summed E-state index contributed by atoms with van der Waals surface area (Å²) in [5.74, 6) is -0.208. The molecule has 1 aliphatic rings. The van der Waals surface area contributed by atoms with Crippen molar-refractivity contribution in [1.82, 2.24) is 30.1 Å². The molecule has 28 heavy (non-hydrogen) atoms. The molecule has 1 atom stereocenters. The Morgan fingerprint density at radius 3 is 2.61 bits per heavy atom. The van der Waals surface area contributed by atoms with E-state index in [0.717, 1.165) is 24.1 Å². The van der Waals surface area contributed by atoms with Crippen LogP contribution in [0.5, 0.6) is 0 Å². The highest BCUT2D eigenvalue weighted by atomic mass is 16.2. The molecule has 1 aliphatic carbocycles. The van der Waals surface area contributed by atoms with Crippen molar-refractivity contribution in [2.75, 3.05) is 0 Å². The summed E-state index contributed by atoms with van der Waals surface area (Å²) in [6, 6.07) is 10.1. The van der Waals surface area contributed by atoms with Crippen molar-refractivity contribution in [3.05, 3.63) is 60.2 Å². The van der Waals surface area contributed by atoms with Crippen LogP contribution in [-0.4, -0.2) is 30.7 Å². The zero-order chi connectivity index (χ0) is 19.3. The van der Waals surface area contributed by atoms with Gasteiger partial charge in [-0.15, -0.1) is 5.10 Å². The molecule has 7 heteroatoms. The van der Waals surface area contributed by atoms with E-state index in [1.54, 1.807) is 17.1 Å².